The van der Waals surface area contributed by atoms with Crippen LogP contribution in [-0.2, 0) is 22.4 Å². The average molecular weight is 647 g/mol. The van der Waals surface area contributed by atoms with Gasteiger partial charge < -0.3 is 14.9 Å². The van der Waals surface area contributed by atoms with E-state index in [1.165, 1.54) is 16.7 Å². The van der Waals surface area contributed by atoms with Crippen molar-refractivity contribution in [2.45, 2.75) is 76.5 Å². The molecule has 1 aliphatic carbocycles. The summed E-state index contributed by atoms with van der Waals surface area (Å²) >= 11 is 7.35. The van der Waals surface area contributed by atoms with Crippen LogP contribution in [-0.4, -0.2) is 57.9 Å². The molecule has 8 heteroatoms. The van der Waals surface area contributed by atoms with Crippen molar-refractivity contribution in [2.24, 2.45) is 5.92 Å². The highest BCUT2D eigenvalue weighted by molar-refractivity contribution is 9.10. The van der Waals surface area contributed by atoms with E-state index in [0.717, 1.165) is 98.6 Å². The van der Waals surface area contributed by atoms with Crippen LogP contribution in [0.2, 0.25) is 0 Å². The largest absolute Gasteiger partial charge is 0.508 e. The van der Waals surface area contributed by atoms with Gasteiger partial charge >= 0.3 is 0 Å². The van der Waals surface area contributed by atoms with Crippen molar-refractivity contribution in [2.75, 3.05) is 26.2 Å². The fraction of sp³-hybridized carbons (Fsp3) is 0.567. The van der Waals surface area contributed by atoms with Gasteiger partial charge in [-0.1, -0.05) is 22.4 Å². The second kappa shape index (κ2) is 12.5. The zero-order valence-electron chi connectivity index (χ0n) is 21.9. The third kappa shape index (κ3) is 6.27. The smallest absolute Gasteiger partial charge is 0.222 e. The first-order valence-corrected chi connectivity index (χ1v) is 15.7. The highest BCUT2D eigenvalue weighted by Gasteiger charge is 2.36. The number of phenolic OH excluding ortho intramolecular Hbond substituents is 1. The zero-order valence-corrected chi connectivity index (χ0v) is 25.1. The molecule has 2 amide bonds. The van der Waals surface area contributed by atoms with E-state index in [0.29, 0.717) is 18.8 Å². The molecular weight excluding hydrogens is 610 g/mol. The molecule has 2 fully saturated rings. The summed E-state index contributed by atoms with van der Waals surface area (Å²) in [6, 6.07) is 5.89. The second-order valence-corrected chi connectivity index (χ2v) is 12.8. The molecule has 5 rings (SSSR count). The van der Waals surface area contributed by atoms with Crippen LogP contribution in [0.1, 0.15) is 86.1 Å². The van der Waals surface area contributed by atoms with E-state index >= 15 is 0 Å². The lowest BCUT2D eigenvalue weighted by atomic mass is 9.76. The highest BCUT2D eigenvalue weighted by Crippen LogP contribution is 2.46. The zero-order chi connectivity index (χ0) is 26.6. The molecule has 1 aromatic heterocycles. The lowest BCUT2D eigenvalue weighted by Gasteiger charge is -2.37. The van der Waals surface area contributed by atoms with Crippen LogP contribution in [0, 0.1) is 5.92 Å². The molecule has 0 bridgehead atoms. The molecule has 2 aliphatic heterocycles. The molecule has 1 atom stereocenters. The molecule has 1 N–H and O–H groups in total. The Morgan fingerprint density at radius 1 is 0.868 bits per heavy atom. The van der Waals surface area contributed by atoms with Gasteiger partial charge in [-0.15, -0.1) is 0 Å². The number of hydrogen-bond donors (Lipinski definition) is 1. The minimum Gasteiger partial charge on any atom is -0.508 e. The molecule has 0 spiro atoms. The number of halogens is 2. The predicted molar refractivity (Wildman–Crippen MR) is 155 cm³/mol. The number of aromatic nitrogens is 1. The maximum Gasteiger partial charge on any atom is 0.222 e. The molecule has 1 aromatic carbocycles. The van der Waals surface area contributed by atoms with E-state index in [4.69, 9.17) is 4.98 Å². The van der Waals surface area contributed by atoms with Crippen LogP contribution in [0.5, 0.6) is 5.75 Å². The van der Waals surface area contributed by atoms with Gasteiger partial charge in [-0.3, -0.25) is 14.6 Å². The second-order valence-electron chi connectivity index (χ2n) is 11.0. The number of phenols is 1. The Hall–Kier alpha value is -1.93. The summed E-state index contributed by atoms with van der Waals surface area (Å²) in [5.74, 6) is 1.32. The van der Waals surface area contributed by atoms with Gasteiger partial charge in [0.1, 0.15) is 5.75 Å². The van der Waals surface area contributed by atoms with Gasteiger partial charge in [0.2, 0.25) is 11.8 Å². The Bertz CT molecular complexity index is 1170. The normalized spacial score (nSPS) is 19.7. The highest BCUT2D eigenvalue weighted by atomic mass is 79.9. The molecule has 3 aliphatic rings. The van der Waals surface area contributed by atoms with E-state index in [1.807, 2.05) is 22.1 Å². The lowest BCUT2D eigenvalue weighted by Crippen LogP contribution is -2.40. The third-order valence-corrected chi connectivity index (χ3v) is 9.63. The number of aryl methyl sites for hydroxylation is 2. The number of carbonyl (C=O) groups excluding carboxylic acids is 2. The molecule has 38 heavy (non-hydrogen) atoms. The number of unbranched alkanes of at least 4 members (excludes halogenated alkanes) is 2. The Morgan fingerprint density at radius 2 is 1.50 bits per heavy atom. The first-order valence-electron chi connectivity index (χ1n) is 14.1. The maximum atomic E-state index is 13.0. The summed E-state index contributed by atoms with van der Waals surface area (Å²) in [6.45, 7) is 3.37. The van der Waals surface area contributed by atoms with Crippen molar-refractivity contribution >= 4 is 43.7 Å². The van der Waals surface area contributed by atoms with Gasteiger partial charge in [-0.05, 0) is 108 Å². The van der Waals surface area contributed by atoms with Gasteiger partial charge in [-0.2, -0.15) is 0 Å². The Balaban J connectivity index is 1.19. The number of nitrogens with zero attached hydrogens (tertiary/aromatic N) is 3. The van der Waals surface area contributed by atoms with Crippen molar-refractivity contribution in [3.05, 3.63) is 55.7 Å². The molecule has 1 unspecified atom stereocenters. The topological polar surface area (TPSA) is 73.7 Å². The summed E-state index contributed by atoms with van der Waals surface area (Å²) in [5.41, 5.74) is 4.81. The first kappa shape index (κ1) is 27.6. The van der Waals surface area contributed by atoms with Gasteiger partial charge in [0, 0.05) is 60.1 Å². The van der Waals surface area contributed by atoms with Crippen LogP contribution < -0.4 is 0 Å². The molecule has 6 nitrogen and oxygen atoms in total. The van der Waals surface area contributed by atoms with Crippen molar-refractivity contribution < 1.29 is 14.7 Å². The Labute approximate surface area is 242 Å². The molecular formula is C30H37Br2N3O3. The fourth-order valence-electron chi connectivity index (χ4n) is 6.55. The number of carbonyl (C=O) groups is 2. The maximum absolute atomic E-state index is 13.0. The van der Waals surface area contributed by atoms with Crippen molar-refractivity contribution in [3.8, 4) is 5.75 Å². The summed E-state index contributed by atoms with van der Waals surface area (Å²) in [6.07, 6.45) is 11.6. The number of hydrogen-bond acceptors (Lipinski definition) is 4. The third-order valence-electron chi connectivity index (χ3n) is 8.54. The first-order chi connectivity index (χ1) is 18.4. The lowest BCUT2D eigenvalue weighted by molar-refractivity contribution is -0.132. The summed E-state index contributed by atoms with van der Waals surface area (Å²) in [7, 11) is 0. The van der Waals surface area contributed by atoms with Crippen LogP contribution >= 0.6 is 31.9 Å². The number of likely N-dealkylation sites (tertiary alicyclic amines) is 2. The number of benzene rings is 1. The van der Waals surface area contributed by atoms with Gasteiger partial charge in [0.05, 0.1) is 5.69 Å². The van der Waals surface area contributed by atoms with Crippen LogP contribution in [0.3, 0.4) is 0 Å². The van der Waals surface area contributed by atoms with E-state index in [9.17, 15) is 14.7 Å². The minimum absolute atomic E-state index is 0.135. The van der Waals surface area contributed by atoms with Crippen molar-refractivity contribution in [1.82, 2.24) is 14.8 Å². The molecule has 2 aromatic rings. The fourth-order valence-corrected chi connectivity index (χ4v) is 7.66. The summed E-state index contributed by atoms with van der Waals surface area (Å²) in [4.78, 5) is 34.1. The Morgan fingerprint density at radius 3 is 2.18 bits per heavy atom. The summed E-state index contributed by atoms with van der Waals surface area (Å²) in [5, 5.41) is 10.3. The number of aromatic hydroxyl groups is 1. The number of amides is 2. The predicted octanol–water partition coefficient (Wildman–Crippen LogP) is 6.35. The number of piperidine rings is 1. The average Bonchev–Trinajstić information content (AvgIpc) is 3.39. The quantitative estimate of drug-likeness (QED) is 0.356. The van der Waals surface area contributed by atoms with Gasteiger partial charge in [-0.25, -0.2) is 0 Å². The summed E-state index contributed by atoms with van der Waals surface area (Å²) < 4.78 is 1.93. The molecule has 3 heterocycles. The van der Waals surface area contributed by atoms with Crippen LogP contribution in [0.4, 0.5) is 0 Å². The number of pyridine rings is 1. The minimum atomic E-state index is 0.135. The Kier molecular flexibility index (Phi) is 9.09. The van der Waals surface area contributed by atoms with Crippen molar-refractivity contribution in [1.29, 1.82) is 0 Å². The molecule has 204 valence electrons. The molecule has 0 saturated carbocycles. The molecule has 2 saturated heterocycles. The standard InChI is InChI=1S/C30H37Br2N3O3/c31-23-16-22-9-8-21-17-24(36)18-25(32)28(21)29(30(22)33-19-23)20-10-14-35(15-11-20)27(38)7-3-1-2-6-26(37)34-12-4-5-13-34/h16-20,29,36H,1-15H2. The number of fused-ring (bicyclic) bond motifs is 2. The van der Waals surface area contributed by atoms with Gasteiger partial charge in [0.15, 0.2) is 0 Å². The van der Waals surface area contributed by atoms with E-state index < -0.39 is 0 Å². The van der Waals surface area contributed by atoms with E-state index in [1.54, 1.807) is 6.07 Å². The monoisotopic (exact) mass is 645 g/mol. The molecule has 0 radical (unpaired) electrons. The van der Waals surface area contributed by atoms with Crippen LogP contribution in [0.15, 0.2) is 33.3 Å². The van der Waals surface area contributed by atoms with Gasteiger partial charge in [0.25, 0.3) is 0 Å². The van der Waals surface area contributed by atoms with E-state index in [2.05, 4.69) is 37.9 Å². The van der Waals surface area contributed by atoms with Crippen LogP contribution in [0.25, 0.3) is 0 Å². The van der Waals surface area contributed by atoms with E-state index in [-0.39, 0.29) is 23.5 Å². The SMILES string of the molecule is O=C(CCCCCC(=O)N1CCC(C2c3ncc(Br)cc3CCc3cc(O)cc(Br)c32)CC1)N1CCCC1. The number of rotatable bonds is 7. The van der Waals surface area contributed by atoms with Crippen molar-refractivity contribution in [3.63, 3.8) is 0 Å².